The van der Waals surface area contributed by atoms with Gasteiger partial charge in [-0.1, -0.05) is 12.1 Å². The van der Waals surface area contributed by atoms with Crippen molar-refractivity contribution in [2.45, 2.75) is 23.1 Å². The minimum absolute atomic E-state index is 0.0129. The van der Waals surface area contributed by atoms with Crippen LogP contribution in [0.1, 0.15) is 22.3 Å². The molecule has 1 unspecified atom stereocenters. The van der Waals surface area contributed by atoms with Crippen LogP contribution in [0.3, 0.4) is 0 Å². The van der Waals surface area contributed by atoms with Crippen LogP contribution < -0.4 is 10.1 Å². The topological polar surface area (TPSA) is 107 Å². The number of rotatable bonds is 6. The van der Waals surface area contributed by atoms with E-state index in [0.717, 1.165) is 23.8 Å². The molecule has 0 radical (unpaired) electrons. The molecule has 1 saturated heterocycles. The van der Waals surface area contributed by atoms with Crippen molar-refractivity contribution in [3.05, 3.63) is 59.4 Å². The highest BCUT2D eigenvalue weighted by atomic mass is 32.2. The van der Waals surface area contributed by atoms with Crippen molar-refractivity contribution in [3.63, 3.8) is 0 Å². The normalized spacial score (nSPS) is 18.3. The Hall–Kier alpha value is -2.46. The largest absolute Gasteiger partial charge is 0.497 e. The summed E-state index contributed by atoms with van der Waals surface area (Å²) >= 11 is 0. The number of halogens is 1. The van der Waals surface area contributed by atoms with E-state index in [9.17, 15) is 26.0 Å². The second kappa shape index (κ2) is 8.11. The van der Waals surface area contributed by atoms with Crippen molar-refractivity contribution >= 4 is 25.6 Å². The molecule has 1 aliphatic rings. The molecule has 1 atom stereocenters. The average Bonchev–Trinajstić information content (AvgIpc) is 3.07. The molecule has 0 spiro atoms. The van der Waals surface area contributed by atoms with Gasteiger partial charge in [0.1, 0.15) is 11.6 Å². The molecule has 1 N–H and O–H groups in total. The summed E-state index contributed by atoms with van der Waals surface area (Å²) in [5.41, 5.74) is 0.333. The molecule has 10 heteroatoms. The minimum atomic E-state index is -4.00. The van der Waals surface area contributed by atoms with Crippen molar-refractivity contribution < 1.29 is 30.8 Å². The third-order valence-electron chi connectivity index (χ3n) is 4.75. The fraction of sp³-hybridized carbons (Fsp3) is 0.316. The average molecular weight is 442 g/mol. The zero-order valence-corrected chi connectivity index (χ0v) is 17.2. The molecule has 1 heterocycles. The monoisotopic (exact) mass is 441 g/mol. The fourth-order valence-corrected chi connectivity index (χ4v) is 7.46. The van der Waals surface area contributed by atoms with E-state index in [4.69, 9.17) is 4.74 Å². The summed E-state index contributed by atoms with van der Waals surface area (Å²) in [6.07, 6.45) is -0.0129. The van der Waals surface area contributed by atoms with Crippen molar-refractivity contribution in [1.82, 2.24) is 5.32 Å². The van der Waals surface area contributed by atoms with Gasteiger partial charge in [-0.05, 0) is 42.3 Å². The van der Waals surface area contributed by atoms with Crippen LogP contribution in [0.25, 0.3) is 0 Å². The smallest absolute Gasteiger partial charge is 0.254 e. The van der Waals surface area contributed by atoms with Gasteiger partial charge in [0, 0.05) is 6.54 Å². The Morgan fingerprint density at radius 2 is 1.90 bits per heavy atom. The zero-order chi connectivity index (χ0) is 21.2. The number of hydrogen-bond donors (Lipinski definition) is 1. The zero-order valence-electron chi connectivity index (χ0n) is 15.6. The molecule has 2 aromatic carbocycles. The highest BCUT2D eigenvalue weighted by Gasteiger charge is 2.38. The maximum atomic E-state index is 14.2. The van der Waals surface area contributed by atoms with Crippen molar-refractivity contribution in [3.8, 4) is 5.75 Å². The van der Waals surface area contributed by atoms with Crippen LogP contribution in [0.15, 0.2) is 47.4 Å². The quantitative estimate of drug-likeness (QED) is 0.684. The van der Waals surface area contributed by atoms with Crippen LogP contribution in [0.5, 0.6) is 5.75 Å². The summed E-state index contributed by atoms with van der Waals surface area (Å²) in [5, 5.41) is 1.45. The molecule has 29 heavy (non-hydrogen) atoms. The van der Waals surface area contributed by atoms with Crippen LogP contribution >= 0.6 is 0 Å². The number of carbonyl (C=O) groups excluding carboxylic acids is 1. The second-order valence-electron chi connectivity index (χ2n) is 6.74. The van der Waals surface area contributed by atoms with Gasteiger partial charge in [-0.15, -0.1) is 0 Å². The van der Waals surface area contributed by atoms with Gasteiger partial charge in [0.2, 0.25) is 0 Å². The molecule has 1 fully saturated rings. The molecule has 1 amide bonds. The van der Waals surface area contributed by atoms with Crippen LogP contribution in [0.4, 0.5) is 4.39 Å². The van der Waals surface area contributed by atoms with E-state index in [1.165, 1.54) is 7.11 Å². The van der Waals surface area contributed by atoms with E-state index in [1.807, 2.05) is 0 Å². The van der Waals surface area contributed by atoms with Gasteiger partial charge in [0.15, 0.2) is 19.7 Å². The molecule has 0 saturated carbocycles. The minimum Gasteiger partial charge on any atom is -0.497 e. The van der Waals surface area contributed by atoms with Gasteiger partial charge in [-0.2, -0.15) is 0 Å². The molecule has 1 aliphatic heterocycles. The van der Waals surface area contributed by atoms with Gasteiger partial charge in [-0.25, -0.2) is 21.2 Å². The Balaban J connectivity index is 1.78. The van der Waals surface area contributed by atoms with Crippen molar-refractivity contribution in [2.75, 3.05) is 18.6 Å². The Morgan fingerprint density at radius 3 is 2.48 bits per heavy atom. The van der Waals surface area contributed by atoms with E-state index in [1.54, 1.807) is 24.3 Å². The summed E-state index contributed by atoms with van der Waals surface area (Å²) < 4.78 is 67.9. The van der Waals surface area contributed by atoms with Crippen molar-refractivity contribution in [2.24, 2.45) is 0 Å². The van der Waals surface area contributed by atoms with E-state index in [2.05, 4.69) is 5.32 Å². The summed E-state index contributed by atoms with van der Waals surface area (Å²) in [5.74, 6) is -1.65. The first-order chi connectivity index (χ1) is 13.6. The summed E-state index contributed by atoms with van der Waals surface area (Å²) in [7, 11) is -5.87. The molecule has 2 aromatic rings. The molecule has 0 aliphatic carbocycles. The standard InChI is InChI=1S/C19H20FNO6S2/c1-27-14-4-2-13(3-5-14)11-21-19(22)17-10-15(6-7-18(17)20)29(25,26)16-8-9-28(23,24)12-16/h2-7,10,16H,8-9,11-12H2,1H3,(H,21,22). The van der Waals surface area contributed by atoms with Gasteiger partial charge < -0.3 is 10.1 Å². The number of sulfone groups is 2. The maximum Gasteiger partial charge on any atom is 0.254 e. The predicted octanol–water partition coefficient (Wildman–Crippen LogP) is 1.73. The van der Waals surface area contributed by atoms with Gasteiger partial charge in [-0.3, -0.25) is 4.79 Å². The number of hydrogen-bond acceptors (Lipinski definition) is 6. The van der Waals surface area contributed by atoms with E-state index >= 15 is 0 Å². The lowest BCUT2D eigenvalue weighted by atomic mass is 10.1. The maximum absolute atomic E-state index is 14.2. The summed E-state index contributed by atoms with van der Waals surface area (Å²) in [4.78, 5) is 12.1. The molecular formula is C19H20FNO6S2. The number of ether oxygens (including phenoxy) is 1. The number of methoxy groups -OCH3 is 1. The number of benzene rings is 2. The lowest BCUT2D eigenvalue weighted by molar-refractivity contribution is 0.0946. The number of carbonyl (C=O) groups is 1. The van der Waals surface area contributed by atoms with Gasteiger partial charge in [0.25, 0.3) is 5.91 Å². The summed E-state index contributed by atoms with van der Waals surface area (Å²) in [6.45, 7) is 0.111. The highest BCUT2D eigenvalue weighted by molar-refractivity contribution is 7.96. The van der Waals surface area contributed by atoms with E-state index < -0.39 is 48.0 Å². The highest BCUT2D eigenvalue weighted by Crippen LogP contribution is 2.26. The third-order valence-corrected chi connectivity index (χ3v) is 8.92. The Morgan fingerprint density at radius 1 is 1.21 bits per heavy atom. The van der Waals surface area contributed by atoms with Crippen LogP contribution in [0, 0.1) is 5.82 Å². The Kier molecular flexibility index (Phi) is 5.95. The van der Waals surface area contributed by atoms with E-state index in [-0.39, 0.29) is 23.6 Å². The number of amides is 1. The Bertz CT molecular complexity index is 1130. The second-order valence-corrected chi connectivity index (χ2v) is 11.2. The first kappa shape index (κ1) is 21.3. The number of nitrogens with one attached hydrogen (secondary N) is 1. The fourth-order valence-electron chi connectivity index (χ4n) is 3.07. The molecule has 7 nitrogen and oxygen atoms in total. The third kappa shape index (κ3) is 4.76. The molecule has 156 valence electrons. The van der Waals surface area contributed by atoms with Crippen molar-refractivity contribution in [1.29, 1.82) is 0 Å². The lowest BCUT2D eigenvalue weighted by Crippen LogP contribution is -2.26. The summed E-state index contributed by atoms with van der Waals surface area (Å²) in [6, 6.07) is 9.80. The predicted molar refractivity (Wildman–Crippen MR) is 105 cm³/mol. The van der Waals surface area contributed by atoms with Crippen LogP contribution in [-0.4, -0.2) is 46.6 Å². The van der Waals surface area contributed by atoms with Gasteiger partial charge >= 0.3 is 0 Å². The van der Waals surface area contributed by atoms with Gasteiger partial charge in [0.05, 0.1) is 34.3 Å². The SMILES string of the molecule is COc1ccc(CNC(=O)c2cc(S(=O)(=O)C3CCS(=O)(=O)C3)ccc2F)cc1. The Labute approximate surface area is 168 Å². The molecule has 0 aromatic heterocycles. The van der Waals surface area contributed by atoms with Crippen LogP contribution in [-0.2, 0) is 26.2 Å². The first-order valence-electron chi connectivity index (χ1n) is 8.77. The molecular weight excluding hydrogens is 421 g/mol. The molecule has 3 rings (SSSR count). The molecule has 0 bridgehead atoms. The van der Waals surface area contributed by atoms with E-state index in [0.29, 0.717) is 5.75 Å². The van der Waals surface area contributed by atoms with Crippen LogP contribution in [0.2, 0.25) is 0 Å². The first-order valence-corrected chi connectivity index (χ1v) is 12.1. The lowest BCUT2D eigenvalue weighted by Gasteiger charge is -2.12.